The minimum Gasteiger partial charge on any atom is -0.0683 e. The molecule has 0 fully saturated rings. The smallest absolute Gasteiger partial charge is 0.00925 e. The lowest BCUT2D eigenvalue weighted by Gasteiger charge is -2.18. The summed E-state index contributed by atoms with van der Waals surface area (Å²) in [6.45, 7) is 17.2. The first kappa shape index (κ1) is 24.8. The molecule has 0 heterocycles. The van der Waals surface area contributed by atoms with Crippen LogP contribution in [0.4, 0.5) is 0 Å². The van der Waals surface area contributed by atoms with Gasteiger partial charge in [0, 0.05) is 0 Å². The van der Waals surface area contributed by atoms with Crippen molar-refractivity contribution < 1.29 is 0 Å². The molecule has 0 atom stereocenters. The second kappa shape index (κ2) is 10.8. The molecule has 0 unspecified atom stereocenters. The fourth-order valence-electron chi connectivity index (χ4n) is 4.95. The third-order valence-corrected chi connectivity index (χ3v) is 6.25. The van der Waals surface area contributed by atoms with Crippen LogP contribution in [0.1, 0.15) is 72.4 Å². The van der Waals surface area contributed by atoms with Crippen molar-refractivity contribution in [2.45, 2.75) is 67.7 Å². The highest BCUT2D eigenvalue weighted by Gasteiger charge is 2.14. The van der Waals surface area contributed by atoms with Crippen molar-refractivity contribution in [3.8, 4) is 0 Å². The highest BCUT2D eigenvalue weighted by molar-refractivity contribution is 6.27. The SMILES string of the molecule is CC.CC.CC(C)Cc1ccc(C(C)C)c2cc3c4ccccc4c4ccccc4c3cc12. The summed E-state index contributed by atoms with van der Waals surface area (Å²) in [7, 11) is 0. The van der Waals surface area contributed by atoms with Crippen LogP contribution in [0.25, 0.3) is 43.1 Å². The van der Waals surface area contributed by atoms with Crippen LogP contribution in [0.2, 0.25) is 0 Å². The molecule has 0 bridgehead atoms. The largest absolute Gasteiger partial charge is 0.0683 e. The average Bonchev–Trinajstić information content (AvgIpc) is 2.85. The van der Waals surface area contributed by atoms with Gasteiger partial charge in [-0.15, -0.1) is 0 Å². The molecular weight excluding hydrogens is 396 g/mol. The van der Waals surface area contributed by atoms with Crippen molar-refractivity contribution in [2.24, 2.45) is 5.92 Å². The van der Waals surface area contributed by atoms with Crippen molar-refractivity contribution in [1.29, 1.82) is 0 Å². The van der Waals surface area contributed by atoms with E-state index in [0.717, 1.165) is 6.42 Å². The predicted molar refractivity (Wildman–Crippen MR) is 152 cm³/mol. The molecule has 0 N–H and O–H groups in total. The second-order valence-electron chi connectivity index (χ2n) is 9.10. The Bertz CT molecular complexity index is 1370. The Morgan fingerprint density at radius 3 is 1.33 bits per heavy atom. The highest BCUT2D eigenvalue weighted by atomic mass is 14.2. The van der Waals surface area contributed by atoms with Gasteiger partial charge in [0.2, 0.25) is 0 Å². The lowest BCUT2D eigenvalue weighted by molar-refractivity contribution is 0.650. The molecule has 0 amide bonds. The topological polar surface area (TPSA) is 0 Å². The number of fused-ring (bicyclic) bond motifs is 7. The molecule has 0 spiro atoms. The van der Waals surface area contributed by atoms with Crippen molar-refractivity contribution in [2.75, 3.05) is 0 Å². The van der Waals surface area contributed by atoms with E-state index in [2.05, 4.69) is 100 Å². The Hall–Kier alpha value is -2.86. The van der Waals surface area contributed by atoms with Gasteiger partial charge >= 0.3 is 0 Å². The van der Waals surface area contributed by atoms with Gasteiger partial charge in [0.1, 0.15) is 0 Å². The summed E-state index contributed by atoms with van der Waals surface area (Å²) < 4.78 is 0. The summed E-state index contributed by atoms with van der Waals surface area (Å²) in [6.07, 6.45) is 1.12. The van der Waals surface area contributed by atoms with Crippen LogP contribution in [0, 0.1) is 5.92 Å². The van der Waals surface area contributed by atoms with Gasteiger partial charge in [0.25, 0.3) is 0 Å². The molecule has 172 valence electrons. The Kier molecular flexibility index (Phi) is 8.14. The number of hydrogen-bond acceptors (Lipinski definition) is 0. The predicted octanol–water partition coefficient (Wildman–Crippen LogP) is 10.7. The van der Waals surface area contributed by atoms with Gasteiger partial charge in [-0.3, -0.25) is 0 Å². The minimum atomic E-state index is 0.509. The van der Waals surface area contributed by atoms with E-state index >= 15 is 0 Å². The van der Waals surface area contributed by atoms with Gasteiger partial charge in [0.05, 0.1) is 0 Å². The molecule has 0 aliphatic rings. The van der Waals surface area contributed by atoms with Crippen LogP contribution in [0.5, 0.6) is 0 Å². The molecule has 5 aromatic carbocycles. The van der Waals surface area contributed by atoms with Gasteiger partial charge in [-0.2, -0.15) is 0 Å². The normalized spacial score (nSPS) is 11.1. The lowest BCUT2D eigenvalue weighted by atomic mass is 9.86. The summed E-state index contributed by atoms with van der Waals surface area (Å²) in [5, 5.41) is 11.0. The first-order chi connectivity index (χ1) is 16.0. The minimum absolute atomic E-state index is 0.509. The van der Waals surface area contributed by atoms with Crippen molar-refractivity contribution in [3.63, 3.8) is 0 Å². The van der Waals surface area contributed by atoms with Crippen molar-refractivity contribution in [1.82, 2.24) is 0 Å². The molecule has 0 saturated carbocycles. The van der Waals surface area contributed by atoms with Crippen LogP contribution in [-0.2, 0) is 6.42 Å². The molecule has 5 rings (SSSR count). The summed E-state index contributed by atoms with van der Waals surface area (Å²) in [5.41, 5.74) is 2.92. The van der Waals surface area contributed by atoms with E-state index < -0.39 is 0 Å². The molecule has 0 saturated heterocycles. The third kappa shape index (κ3) is 4.62. The third-order valence-electron chi connectivity index (χ3n) is 6.25. The van der Waals surface area contributed by atoms with Gasteiger partial charge < -0.3 is 0 Å². The zero-order valence-electron chi connectivity index (χ0n) is 21.8. The number of hydrogen-bond donors (Lipinski definition) is 0. The second-order valence-corrected chi connectivity index (χ2v) is 9.10. The summed E-state index contributed by atoms with van der Waals surface area (Å²) in [6, 6.07) is 27.4. The monoisotopic (exact) mass is 436 g/mol. The van der Waals surface area contributed by atoms with Gasteiger partial charge in [0.15, 0.2) is 0 Å². The summed E-state index contributed by atoms with van der Waals surface area (Å²) in [5.74, 6) is 1.15. The van der Waals surface area contributed by atoms with Gasteiger partial charge in [-0.05, 0) is 84.6 Å². The highest BCUT2D eigenvalue weighted by Crippen LogP contribution is 2.39. The lowest BCUT2D eigenvalue weighted by Crippen LogP contribution is -1.98. The van der Waals surface area contributed by atoms with Crippen LogP contribution in [0.15, 0.2) is 72.8 Å². The van der Waals surface area contributed by atoms with E-state index in [1.807, 2.05) is 27.7 Å². The molecule has 33 heavy (non-hydrogen) atoms. The quantitative estimate of drug-likeness (QED) is 0.195. The standard InChI is InChI=1S/C29H28.2C2H6/c1-18(2)15-20-13-14-21(19(3)4)27-17-29-25-12-8-6-10-23(25)22-9-5-7-11-24(22)28(29)16-26(20)27;2*1-2/h5-14,16-19H,15H2,1-4H3;2*1-2H3. The molecule has 0 radical (unpaired) electrons. The van der Waals surface area contributed by atoms with E-state index in [4.69, 9.17) is 0 Å². The summed E-state index contributed by atoms with van der Waals surface area (Å²) >= 11 is 0. The zero-order valence-corrected chi connectivity index (χ0v) is 21.8. The molecule has 0 heteroatoms. The maximum absolute atomic E-state index is 2.48. The first-order valence-electron chi connectivity index (χ1n) is 12.8. The summed E-state index contributed by atoms with van der Waals surface area (Å²) in [4.78, 5) is 0. The van der Waals surface area contributed by atoms with E-state index in [0.29, 0.717) is 11.8 Å². The molecule has 0 aromatic heterocycles. The van der Waals surface area contributed by atoms with Gasteiger partial charge in [-0.25, -0.2) is 0 Å². The fraction of sp³-hybridized carbons (Fsp3) is 0.333. The molecule has 0 aliphatic carbocycles. The molecular formula is C33H40. The van der Waals surface area contributed by atoms with Crippen LogP contribution in [-0.4, -0.2) is 0 Å². The van der Waals surface area contributed by atoms with E-state index in [-0.39, 0.29) is 0 Å². The average molecular weight is 437 g/mol. The van der Waals surface area contributed by atoms with E-state index in [9.17, 15) is 0 Å². The Morgan fingerprint density at radius 1 is 0.485 bits per heavy atom. The molecule has 0 nitrogen and oxygen atoms in total. The van der Waals surface area contributed by atoms with Crippen LogP contribution in [0.3, 0.4) is 0 Å². The van der Waals surface area contributed by atoms with Crippen LogP contribution >= 0.6 is 0 Å². The van der Waals surface area contributed by atoms with E-state index in [1.165, 1.54) is 54.2 Å². The van der Waals surface area contributed by atoms with Crippen LogP contribution < -0.4 is 0 Å². The van der Waals surface area contributed by atoms with Gasteiger partial charge in [-0.1, -0.05) is 116 Å². The van der Waals surface area contributed by atoms with Crippen molar-refractivity contribution >= 4 is 43.1 Å². The molecule has 5 aromatic rings. The Balaban J connectivity index is 0.000000728. The number of benzene rings is 5. The Labute approximate surface area is 200 Å². The fourth-order valence-corrected chi connectivity index (χ4v) is 4.95. The molecule has 0 aliphatic heterocycles. The maximum Gasteiger partial charge on any atom is -0.00925 e. The maximum atomic E-state index is 2.48. The number of rotatable bonds is 3. The van der Waals surface area contributed by atoms with E-state index in [1.54, 1.807) is 0 Å². The first-order valence-corrected chi connectivity index (χ1v) is 12.8. The Morgan fingerprint density at radius 2 is 0.909 bits per heavy atom. The zero-order chi connectivity index (χ0) is 24.1. The van der Waals surface area contributed by atoms with Crippen molar-refractivity contribution in [3.05, 3.63) is 83.9 Å².